The van der Waals surface area contributed by atoms with Gasteiger partial charge in [0.05, 0.1) is 11.7 Å². The largest absolute Gasteiger partial charge is 0.311 e. The lowest BCUT2D eigenvalue weighted by Gasteiger charge is -2.14. The van der Waals surface area contributed by atoms with Gasteiger partial charge in [-0.1, -0.05) is 6.07 Å². The normalized spacial score (nSPS) is 12.2. The van der Waals surface area contributed by atoms with E-state index in [2.05, 4.69) is 22.3 Å². The zero-order valence-corrected chi connectivity index (χ0v) is 12.3. The molecule has 2 rings (SSSR count). The SMILES string of the molecule is Cc1nn(C(C)CC(=O)Nc2ccccn2)c(C)c1C. The second-order valence-corrected chi connectivity index (χ2v) is 5.06. The maximum atomic E-state index is 12.0. The van der Waals surface area contributed by atoms with Crippen molar-refractivity contribution in [2.45, 2.75) is 40.2 Å². The summed E-state index contributed by atoms with van der Waals surface area (Å²) < 4.78 is 1.92. The van der Waals surface area contributed by atoms with Crippen molar-refractivity contribution in [1.29, 1.82) is 0 Å². The minimum Gasteiger partial charge on any atom is -0.311 e. The molecule has 1 amide bonds. The molecule has 106 valence electrons. The van der Waals surface area contributed by atoms with Gasteiger partial charge in [-0.25, -0.2) is 4.98 Å². The molecule has 5 nitrogen and oxygen atoms in total. The van der Waals surface area contributed by atoms with Crippen LogP contribution in [0.4, 0.5) is 5.82 Å². The predicted octanol–water partition coefficient (Wildman–Crippen LogP) is 2.79. The maximum absolute atomic E-state index is 12.0. The Morgan fingerprint density at radius 1 is 1.35 bits per heavy atom. The Morgan fingerprint density at radius 3 is 2.65 bits per heavy atom. The topological polar surface area (TPSA) is 59.8 Å². The second-order valence-electron chi connectivity index (χ2n) is 5.06. The lowest BCUT2D eigenvalue weighted by atomic mass is 10.2. The molecular weight excluding hydrogens is 252 g/mol. The van der Waals surface area contributed by atoms with Gasteiger partial charge in [0.1, 0.15) is 5.82 Å². The Hall–Kier alpha value is -2.17. The van der Waals surface area contributed by atoms with E-state index in [0.717, 1.165) is 11.4 Å². The number of rotatable bonds is 4. The Bertz CT molecular complexity index is 604. The molecule has 0 saturated carbocycles. The molecule has 0 aromatic carbocycles. The van der Waals surface area contributed by atoms with Gasteiger partial charge < -0.3 is 5.32 Å². The summed E-state index contributed by atoms with van der Waals surface area (Å²) >= 11 is 0. The number of carbonyl (C=O) groups is 1. The summed E-state index contributed by atoms with van der Waals surface area (Å²) in [4.78, 5) is 16.1. The quantitative estimate of drug-likeness (QED) is 0.931. The molecule has 0 saturated heterocycles. The molecule has 2 heterocycles. The van der Waals surface area contributed by atoms with Crippen LogP contribution in [0.25, 0.3) is 0 Å². The number of hydrogen-bond donors (Lipinski definition) is 1. The van der Waals surface area contributed by atoms with Gasteiger partial charge in [-0.15, -0.1) is 0 Å². The fraction of sp³-hybridized carbons (Fsp3) is 0.400. The molecule has 20 heavy (non-hydrogen) atoms. The number of hydrogen-bond acceptors (Lipinski definition) is 3. The smallest absolute Gasteiger partial charge is 0.227 e. The van der Waals surface area contributed by atoms with Gasteiger partial charge in [0, 0.05) is 18.3 Å². The fourth-order valence-corrected chi connectivity index (χ4v) is 2.16. The molecule has 2 aromatic heterocycles. The van der Waals surface area contributed by atoms with Crippen molar-refractivity contribution in [3.8, 4) is 0 Å². The van der Waals surface area contributed by atoms with Crippen LogP contribution in [0, 0.1) is 20.8 Å². The number of amides is 1. The van der Waals surface area contributed by atoms with E-state index in [9.17, 15) is 4.79 Å². The van der Waals surface area contributed by atoms with Crippen LogP contribution in [0.1, 0.15) is 36.3 Å². The van der Waals surface area contributed by atoms with Crippen LogP contribution in [0.15, 0.2) is 24.4 Å². The van der Waals surface area contributed by atoms with Crippen molar-refractivity contribution < 1.29 is 4.79 Å². The number of aryl methyl sites for hydroxylation is 1. The van der Waals surface area contributed by atoms with Gasteiger partial charge in [-0.05, 0) is 45.4 Å². The lowest BCUT2D eigenvalue weighted by Crippen LogP contribution is -2.19. The average molecular weight is 272 g/mol. The predicted molar refractivity (Wildman–Crippen MR) is 78.6 cm³/mol. The summed E-state index contributed by atoms with van der Waals surface area (Å²) in [5.41, 5.74) is 3.31. The van der Waals surface area contributed by atoms with E-state index in [-0.39, 0.29) is 11.9 Å². The molecule has 2 aromatic rings. The Kier molecular flexibility index (Phi) is 4.17. The van der Waals surface area contributed by atoms with E-state index in [0.29, 0.717) is 12.2 Å². The van der Waals surface area contributed by atoms with E-state index in [1.54, 1.807) is 12.3 Å². The van der Waals surface area contributed by atoms with Gasteiger partial charge in [0.15, 0.2) is 0 Å². The fourth-order valence-electron chi connectivity index (χ4n) is 2.16. The van der Waals surface area contributed by atoms with Crippen LogP contribution in [0.2, 0.25) is 0 Å². The molecule has 0 aliphatic carbocycles. The highest BCUT2D eigenvalue weighted by Gasteiger charge is 2.16. The van der Waals surface area contributed by atoms with Crippen molar-refractivity contribution in [3.05, 3.63) is 41.3 Å². The van der Waals surface area contributed by atoms with Crippen molar-refractivity contribution in [2.24, 2.45) is 0 Å². The summed E-state index contributed by atoms with van der Waals surface area (Å²) in [5, 5.41) is 7.28. The summed E-state index contributed by atoms with van der Waals surface area (Å²) in [7, 11) is 0. The molecule has 0 bridgehead atoms. The minimum atomic E-state index is -0.0543. The van der Waals surface area contributed by atoms with Crippen molar-refractivity contribution in [1.82, 2.24) is 14.8 Å². The van der Waals surface area contributed by atoms with Crippen LogP contribution >= 0.6 is 0 Å². The zero-order chi connectivity index (χ0) is 14.7. The first-order valence-corrected chi connectivity index (χ1v) is 6.72. The molecule has 0 aliphatic rings. The van der Waals surface area contributed by atoms with Crippen LogP contribution in [-0.2, 0) is 4.79 Å². The standard InChI is InChI=1S/C15H20N4O/c1-10(19-13(4)11(2)12(3)18-19)9-15(20)17-14-7-5-6-8-16-14/h5-8,10H,9H2,1-4H3,(H,16,17,20). The van der Waals surface area contributed by atoms with E-state index >= 15 is 0 Å². The van der Waals surface area contributed by atoms with Crippen LogP contribution in [0.3, 0.4) is 0 Å². The highest BCUT2D eigenvalue weighted by Crippen LogP contribution is 2.18. The third-order valence-electron chi connectivity index (χ3n) is 3.52. The van der Waals surface area contributed by atoms with E-state index in [4.69, 9.17) is 0 Å². The van der Waals surface area contributed by atoms with Crippen LogP contribution < -0.4 is 5.32 Å². The first-order chi connectivity index (χ1) is 9.49. The molecule has 0 fully saturated rings. The highest BCUT2D eigenvalue weighted by atomic mass is 16.1. The first-order valence-electron chi connectivity index (χ1n) is 6.72. The second kappa shape index (κ2) is 5.86. The van der Waals surface area contributed by atoms with Gasteiger partial charge in [-0.3, -0.25) is 9.48 Å². The molecular formula is C15H20N4O. The average Bonchev–Trinajstić information content (AvgIpc) is 2.67. The maximum Gasteiger partial charge on any atom is 0.227 e. The molecule has 0 radical (unpaired) electrons. The Morgan fingerprint density at radius 2 is 2.10 bits per heavy atom. The van der Waals surface area contributed by atoms with Gasteiger partial charge in [-0.2, -0.15) is 5.10 Å². The lowest BCUT2D eigenvalue weighted by molar-refractivity contribution is -0.116. The minimum absolute atomic E-state index is 0.0195. The van der Waals surface area contributed by atoms with Gasteiger partial charge in [0.25, 0.3) is 0 Å². The summed E-state index contributed by atoms with van der Waals surface area (Å²) in [6.45, 7) is 8.06. The molecule has 0 aliphatic heterocycles. The van der Waals surface area contributed by atoms with Crippen molar-refractivity contribution >= 4 is 11.7 Å². The Balaban J connectivity index is 2.02. The molecule has 1 unspecified atom stereocenters. The third-order valence-corrected chi connectivity index (χ3v) is 3.52. The first kappa shape index (κ1) is 14.2. The summed E-state index contributed by atoms with van der Waals surface area (Å²) in [6, 6.07) is 5.45. The number of pyridine rings is 1. The van der Waals surface area contributed by atoms with E-state index < -0.39 is 0 Å². The zero-order valence-electron chi connectivity index (χ0n) is 12.3. The van der Waals surface area contributed by atoms with Crippen LogP contribution in [-0.4, -0.2) is 20.7 Å². The van der Waals surface area contributed by atoms with Gasteiger partial charge in [0.2, 0.25) is 5.91 Å². The highest BCUT2D eigenvalue weighted by molar-refractivity contribution is 5.89. The number of anilines is 1. The number of aromatic nitrogens is 3. The molecule has 0 spiro atoms. The monoisotopic (exact) mass is 272 g/mol. The van der Waals surface area contributed by atoms with Gasteiger partial charge >= 0.3 is 0 Å². The number of carbonyl (C=O) groups excluding carboxylic acids is 1. The molecule has 1 atom stereocenters. The van der Waals surface area contributed by atoms with Crippen molar-refractivity contribution in [3.63, 3.8) is 0 Å². The Labute approximate surface area is 119 Å². The van der Waals surface area contributed by atoms with E-state index in [1.807, 2.05) is 37.6 Å². The summed E-state index contributed by atoms with van der Waals surface area (Å²) in [5.74, 6) is 0.524. The van der Waals surface area contributed by atoms with E-state index in [1.165, 1.54) is 5.56 Å². The molecule has 1 N–H and O–H groups in total. The van der Waals surface area contributed by atoms with Crippen LogP contribution in [0.5, 0.6) is 0 Å². The van der Waals surface area contributed by atoms with Crippen molar-refractivity contribution in [2.75, 3.05) is 5.32 Å². The number of nitrogens with zero attached hydrogens (tertiary/aromatic N) is 3. The third kappa shape index (κ3) is 3.04. The number of nitrogens with one attached hydrogen (secondary N) is 1. The summed E-state index contributed by atoms with van der Waals surface area (Å²) in [6.07, 6.45) is 2.03. The molecule has 5 heteroatoms.